The van der Waals surface area contributed by atoms with Crippen molar-refractivity contribution in [3.05, 3.63) is 69.2 Å². The number of amides is 1. The van der Waals surface area contributed by atoms with Gasteiger partial charge >= 0.3 is 11.6 Å². The number of H-pyrrole nitrogens is 1. The number of nitrogens with one attached hydrogen (secondary N) is 2. The molecule has 10 heteroatoms. The molecule has 2 aromatic carbocycles. The van der Waals surface area contributed by atoms with E-state index in [0.29, 0.717) is 21.9 Å². The molecular weight excluding hydrogens is 464 g/mol. The van der Waals surface area contributed by atoms with Gasteiger partial charge in [0.25, 0.3) is 5.91 Å². The molecule has 2 atom stereocenters. The van der Waals surface area contributed by atoms with Crippen LogP contribution in [0.2, 0.25) is 5.02 Å². The third-order valence-corrected chi connectivity index (χ3v) is 5.76. The number of carboxylic acids is 1. The largest absolute Gasteiger partial charge is 0.508 e. The molecule has 0 radical (unpaired) electrons. The van der Waals surface area contributed by atoms with Crippen molar-refractivity contribution in [1.82, 2.24) is 10.3 Å². The van der Waals surface area contributed by atoms with E-state index in [2.05, 4.69) is 10.3 Å². The highest BCUT2D eigenvalue weighted by Gasteiger charge is 2.26. The smallest absolute Gasteiger partial charge is 0.336 e. The number of fused-ring (bicyclic) bond motifs is 2. The monoisotopic (exact) mass is 484 g/mol. The second kappa shape index (κ2) is 9.11. The molecule has 9 nitrogen and oxygen atoms in total. The maximum absolute atomic E-state index is 12.7. The third-order valence-electron chi connectivity index (χ3n) is 5.47. The lowest BCUT2D eigenvalue weighted by molar-refractivity contribution is -0.142. The second-order valence-electron chi connectivity index (χ2n) is 7.93. The van der Waals surface area contributed by atoms with Crippen LogP contribution >= 0.6 is 11.6 Å². The average Bonchev–Trinajstić information content (AvgIpc) is 3.16. The zero-order valence-corrected chi connectivity index (χ0v) is 19.0. The van der Waals surface area contributed by atoms with Gasteiger partial charge in [0, 0.05) is 41.0 Å². The van der Waals surface area contributed by atoms with Gasteiger partial charge in [-0.3, -0.25) is 4.79 Å². The van der Waals surface area contributed by atoms with Gasteiger partial charge in [-0.15, -0.1) is 0 Å². The molecule has 0 saturated heterocycles. The first-order valence-corrected chi connectivity index (χ1v) is 10.7. The first-order chi connectivity index (χ1) is 16.1. The summed E-state index contributed by atoms with van der Waals surface area (Å²) in [7, 11) is 0. The number of carbonyl (C=O) groups excluding carboxylic acids is 1. The number of rotatable bonds is 7. The minimum atomic E-state index is -1.24. The first kappa shape index (κ1) is 23.2. The Morgan fingerprint density at radius 2 is 1.97 bits per heavy atom. The number of halogens is 1. The zero-order chi connectivity index (χ0) is 24.6. The van der Waals surface area contributed by atoms with Crippen LogP contribution in [0, 0.1) is 6.92 Å². The van der Waals surface area contributed by atoms with E-state index >= 15 is 0 Å². The van der Waals surface area contributed by atoms with Gasteiger partial charge < -0.3 is 29.7 Å². The Kier molecular flexibility index (Phi) is 6.21. The van der Waals surface area contributed by atoms with E-state index in [-0.39, 0.29) is 28.5 Å². The lowest BCUT2D eigenvalue weighted by Crippen LogP contribution is -2.47. The SMILES string of the molecule is Cc1cc(=O)oc2cc(O[C@@H](C)C(=O)N[C@@H](Cc3c[nH]c4ccc(O)cc34)C(=O)O)c(Cl)cc12. The third kappa shape index (κ3) is 4.69. The van der Waals surface area contributed by atoms with Crippen molar-refractivity contribution in [2.45, 2.75) is 32.4 Å². The van der Waals surface area contributed by atoms with E-state index < -0.39 is 29.6 Å². The molecule has 176 valence electrons. The normalized spacial score (nSPS) is 13.0. The number of aryl methyl sites for hydroxylation is 1. The Balaban J connectivity index is 1.51. The fourth-order valence-electron chi connectivity index (χ4n) is 3.70. The summed E-state index contributed by atoms with van der Waals surface area (Å²) in [6, 6.07) is 7.81. The highest BCUT2D eigenvalue weighted by molar-refractivity contribution is 6.32. The van der Waals surface area contributed by atoms with Crippen molar-refractivity contribution < 1.29 is 29.0 Å². The van der Waals surface area contributed by atoms with Crippen molar-refractivity contribution in [2.24, 2.45) is 0 Å². The van der Waals surface area contributed by atoms with E-state index in [1.807, 2.05) is 0 Å². The van der Waals surface area contributed by atoms with Crippen molar-refractivity contribution in [3.8, 4) is 11.5 Å². The number of aromatic amines is 1. The van der Waals surface area contributed by atoms with Gasteiger partial charge in [0.15, 0.2) is 6.10 Å². The van der Waals surface area contributed by atoms with Crippen molar-refractivity contribution in [1.29, 1.82) is 0 Å². The van der Waals surface area contributed by atoms with E-state index in [1.54, 1.807) is 25.3 Å². The highest BCUT2D eigenvalue weighted by atomic mass is 35.5. The van der Waals surface area contributed by atoms with Crippen LogP contribution in [-0.2, 0) is 16.0 Å². The van der Waals surface area contributed by atoms with Crippen LogP contribution in [0.15, 0.2) is 51.8 Å². The molecule has 34 heavy (non-hydrogen) atoms. The summed E-state index contributed by atoms with van der Waals surface area (Å²) in [4.78, 5) is 39.2. The van der Waals surface area contributed by atoms with E-state index in [1.165, 1.54) is 31.2 Å². The number of ether oxygens (including phenoxy) is 1. The topological polar surface area (TPSA) is 142 Å². The number of phenolic OH excluding ortho intramolecular Hbond substituents is 1. The van der Waals surface area contributed by atoms with Gasteiger partial charge in [-0.05, 0) is 49.2 Å². The predicted molar refractivity (Wildman–Crippen MR) is 126 cm³/mol. The Hall–Kier alpha value is -3.98. The van der Waals surface area contributed by atoms with Gasteiger partial charge in [0.05, 0.1) is 5.02 Å². The molecule has 0 saturated carbocycles. The number of aromatic nitrogens is 1. The van der Waals surface area contributed by atoms with Crippen LogP contribution in [0.3, 0.4) is 0 Å². The van der Waals surface area contributed by atoms with Gasteiger partial charge in [-0.2, -0.15) is 0 Å². The summed E-state index contributed by atoms with van der Waals surface area (Å²) in [5.74, 6) is -1.73. The van der Waals surface area contributed by atoms with Gasteiger partial charge in [-0.1, -0.05) is 11.6 Å². The molecule has 0 aliphatic rings. The Labute approximate surface area is 197 Å². The van der Waals surface area contributed by atoms with Gasteiger partial charge in [0.1, 0.15) is 23.1 Å². The summed E-state index contributed by atoms with van der Waals surface area (Å²) >= 11 is 6.29. The van der Waals surface area contributed by atoms with Crippen LogP contribution in [0.1, 0.15) is 18.1 Å². The van der Waals surface area contributed by atoms with Crippen molar-refractivity contribution in [3.63, 3.8) is 0 Å². The lowest BCUT2D eigenvalue weighted by atomic mass is 10.0. The molecule has 2 aromatic heterocycles. The predicted octanol–water partition coefficient (Wildman–Crippen LogP) is 3.52. The lowest BCUT2D eigenvalue weighted by Gasteiger charge is -2.19. The minimum absolute atomic E-state index is 0.0155. The molecule has 2 heterocycles. The number of carbonyl (C=O) groups is 2. The highest BCUT2D eigenvalue weighted by Crippen LogP contribution is 2.31. The molecule has 0 unspecified atom stereocenters. The zero-order valence-electron chi connectivity index (χ0n) is 18.2. The molecule has 0 spiro atoms. The minimum Gasteiger partial charge on any atom is -0.508 e. The van der Waals surface area contributed by atoms with Crippen LogP contribution in [0.4, 0.5) is 0 Å². The molecule has 0 bridgehead atoms. The van der Waals surface area contributed by atoms with Crippen LogP contribution in [-0.4, -0.2) is 39.2 Å². The molecule has 4 N–H and O–H groups in total. The Morgan fingerprint density at radius 1 is 1.21 bits per heavy atom. The number of aromatic hydroxyl groups is 1. The first-order valence-electron chi connectivity index (χ1n) is 10.3. The number of benzene rings is 2. The van der Waals surface area contributed by atoms with Gasteiger partial charge in [-0.25, -0.2) is 9.59 Å². The maximum atomic E-state index is 12.7. The fraction of sp³-hybridized carbons (Fsp3) is 0.208. The Morgan fingerprint density at radius 3 is 2.71 bits per heavy atom. The Bertz CT molecular complexity index is 1470. The molecule has 4 aromatic rings. The van der Waals surface area contributed by atoms with Crippen molar-refractivity contribution in [2.75, 3.05) is 0 Å². The fourth-order valence-corrected chi connectivity index (χ4v) is 3.91. The molecule has 4 rings (SSSR count). The van der Waals surface area contributed by atoms with Crippen molar-refractivity contribution >= 4 is 45.3 Å². The number of phenols is 1. The second-order valence-corrected chi connectivity index (χ2v) is 8.34. The standard InChI is InChI=1S/C24H21ClN2O7/c1-11-5-22(29)34-20-9-21(17(25)8-15(11)20)33-12(2)23(30)27-19(24(31)32)6-13-10-26-18-4-3-14(28)7-16(13)18/h3-5,7-10,12,19,26,28H,6H2,1-2H3,(H,27,30)(H,31,32)/t12-,19-/m0/s1. The molecule has 1 amide bonds. The van der Waals surface area contributed by atoms with E-state index in [4.69, 9.17) is 20.8 Å². The number of hydrogen-bond donors (Lipinski definition) is 4. The molecule has 0 aliphatic heterocycles. The molecule has 0 fully saturated rings. The van der Waals surface area contributed by atoms with Gasteiger partial charge in [0.2, 0.25) is 0 Å². The number of hydrogen-bond acceptors (Lipinski definition) is 6. The summed E-state index contributed by atoms with van der Waals surface area (Å²) in [5, 5.41) is 23.4. The van der Waals surface area contributed by atoms with Crippen LogP contribution in [0.25, 0.3) is 21.9 Å². The molecular formula is C24H21ClN2O7. The molecule has 0 aliphatic carbocycles. The van der Waals surface area contributed by atoms with Crippen LogP contribution in [0.5, 0.6) is 11.5 Å². The summed E-state index contributed by atoms with van der Waals surface area (Å²) in [6.07, 6.45) is 0.523. The number of carboxylic acid groups (broad SMARTS) is 1. The van der Waals surface area contributed by atoms with Crippen LogP contribution < -0.4 is 15.7 Å². The van der Waals surface area contributed by atoms with E-state index in [9.17, 15) is 24.6 Å². The van der Waals surface area contributed by atoms with E-state index in [0.717, 1.165) is 5.52 Å². The quantitative estimate of drug-likeness (QED) is 0.294. The average molecular weight is 485 g/mol. The summed E-state index contributed by atoms with van der Waals surface area (Å²) in [6.45, 7) is 3.19. The summed E-state index contributed by atoms with van der Waals surface area (Å²) in [5.41, 5.74) is 1.75. The number of aliphatic carboxylic acids is 1. The summed E-state index contributed by atoms with van der Waals surface area (Å²) < 4.78 is 10.8. The maximum Gasteiger partial charge on any atom is 0.336 e.